The number of aromatic nitrogens is 4. The van der Waals surface area contributed by atoms with Crippen molar-refractivity contribution in [1.29, 1.82) is 0 Å². The van der Waals surface area contributed by atoms with E-state index in [0.717, 1.165) is 44.9 Å². The number of aliphatic hydroxyl groups is 1. The molecule has 1 aromatic carbocycles. The number of fused-ring (bicyclic) bond motifs is 1. The summed E-state index contributed by atoms with van der Waals surface area (Å²) < 4.78 is 15.8. The van der Waals surface area contributed by atoms with Gasteiger partial charge < -0.3 is 21.5 Å². The Morgan fingerprint density at radius 3 is 2.58 bits per heavy atom. The van der Waals surface area contributed by atoms with Crippen LogP contribution in [-0.2, 0) is 4.79 Å². The zero-order valence-electron chi connectivity index (χ0n) is 21.2. The molecule has 0 saturated heterocycles. The fourth-order valence-electron chi connectivity index (χ4n) is 5.83. The average Bonchev–Trinajstić information content (AvgIpc) is 3.18. The molecular formula is C26H32Cl2FN7O2. The number of primary amides is 1. The Morgan fingerprint density at radius 2 is 1.92 bits per heavy atom. The van der Waals surface area contributed by atoms with Gasteiger partial charge >= 0.3 is 0 Å². The van der Waals surface area contributed by atoms with Crippen molar-refractivity contribution in [2.24, 2.45) is 11.7 Å². The summed E-state index contributed by atoms with van der Waals surface area (Å²) in [5, 5.41) is 17.4. The van der Waals surface area contributed by atoms with Gasteiger partial charge in [0.1, 0.15) is 11.3 Å². The summed E-state index contributed by atoms with van der Waals surface area (Å²) in [6, 6.07) is 2.49. The molecule has 38 heavy (non-hydrogen) atoms. The molecule has 2 saturated carbocycles. The number of nitrogens with two attached hydrogens (primary N) is 1. The predicted octanol–water partition coefficient (Wildman–Crippen LogP) is 5.73. The number of hydrogen-bond donors (Lipinski definition) is 4. The molecule has 0 spiro atoms. The first-order valence-electron chi connectivity index (χ1n) is 13.0. The van der Waals surface area contributed by atoms with Crippen LogP contribution in [0.5, 0.6) is 0 Å². The Morgan fingerprint density at radius 1 is 1.21 bits per heavy atom. The van der Waals surface area contributed by atoms with Gasteiger partial charge in [0, 0.05) is 18.5 Å². The third kappa shape index (κ3) is 5.97. The summed E-state index contributed by atoms with van der Waals surface area (Å²) in [5.41, 5.74) is 6.29. The number of nitrogens with zero attached hydrogens (tertiary/aromatic N) is 4. The van der Waals surface area contributed by atoms with E-state index in [4.69, 9.17) is 38.9 Å². The molecule has 5 rings (SSSR count). The largest absolute Gasteiger partial charge is 0.390 e. The van der Waals surface area contributed by atoms with Crippen molar-refractivity contribution in [3.8, 4) is 0 Å². The van der Waals surface area contributed by atoms with Gasteiger partial charge in [-0.05, 0) is 76.3 Å². The third-order valence-corrected chi connectivity index (χ3v) is 8.23. The molecule has 2 aliphatic carbocycles. The molecule has 0 unspecified atom stereocenters. The van der Waals surface area contributed by atoms with Crippen LogP contribution in [0.3, 0.4) is 0 Å². The molecule has 3 aromatic rings. The van der Waals surface area contributed by atoms with Crippen LogP contribution in [0.4, 0.5) is 22.0 Å². The van der Waals surface area contributed by atoms with Crippen LogP contribution in [0.2, 0.25) is 10.0 Å². The Hall–Kier alpha value is -2.69. The summed E-state index contributed by atoms with van der Waals surface area (Å²) in [4.78, 5) is 25.5. The van der Waals surface area contributed by atoms with Crippen LogP contribution < -0.4 is 16.4 Å². The van der Waals surface area contributed by atoms with Crippen LogP contribution in [0.15, 0.2) is 18.3 Å². The normalized spacial score (nSPS) is 25.9. The highest BCUT2D eigenvalue weighted by atomic mass is 35.5. The van der Waals surface area contributed by atoms with Gasteiger partial charge in [0.2, 0.25) is 17.8 Å². The zero-order valence-corrected chi connectivity index (χ0v) is 22.7. The molecule has 2 aliphatic rings. The van der Waals surface area contributed by atoms with Crippen molar-refractivity contribution in [1.82, 2.24) is 19.5 Å². The number of hydrogen-bond acceptors (Lipinski definition) is 7. The number of benzene rings is 1. The molecular weight excluding hydrogens is 532 g/mol. The number of rotatable bonds is 7. The maximum atomic E-state index is 13.8. The highest BCUT2D eigenvalue weighted by Gasteiger charge is 2.31. The standard InChI is InChI=1S/C26H32Cl2FN7O2/c1-26(38)8-2-3-16(12-26)32-24-31-13-20-23(35-24)36(17-6-4-14(5-7-17)9-21(30)37)25(33-20)34-22-18(27)10-15(29)11-19(22)28/h10-11,13-14,16-17,38H,2-9,12H2,1H3,(H2,30,37)(H,33,34)(H,31,32,35)/t14?,16-,17?,26+/m1/s1. The monoisotopic (exact) mass is 563 g/mol. The molecule has 2 fully saturated rings. The number of carbonyl (C=O) groups is 1. The number of nitrogens with one attached hydrogen (secondary N) is 2. The molecule has 2 heterocycles. The zero-order chi connectivity index (χ0) is 27.0. The maximum Gasteiger partial charge on any atom is 0.224 e. The lowest BCUT2D eigenvalue weighted by atomic mass is 9.83. The molecule has 0 radical (unpaired) electrons. The van der Waals surface area contributed by atoms with Gasteiger partial charge in [0.15, 0.2) is 5.65 Å². The molecule has 2 aromatic heterocycles. The van der Waals surface area contributed by atoms with Crippen LogP contribution in [0.1, 0.15) is 70.8 Å². The first kappa shape index (κ1) is 26.9. The third-order valence-electron chi connectivity index (χ3n) is 7.64. The van der Waals surface area contributed by atoms with Crippen molar-refractivity contribution >= 4 is 57.9 Å². The van der Waals surface area contributed by atoms with E-state index in [2.05, 4.69) is 15.6 Å². The number of amides is 1. The fraction of sp³-hybridized carbons (Fsp3) is 0.538. The van der Waals surface area contributed by atoms with Crippen molar-refractivity contribution < 1.29 is 14.3 Å². The SMILES string of the molecule is C[C@]1(O)CCC[C@@H](Nc2ncc3nc(Nc4c(Cl)cc(F)cc4Cl)n(C4CCC(CC(N)=O)CC4)c3n2)C1. The number of imidazole rings is 1. The summed E-state index contributed by atoms with van der Waals surface area (Å²) in [5.74, 6) is 0.376. The molecule has 204 valence electrons. The lowest BCUT2D eigenvalue weighted by molar-refractivity contribution is -0.119. The molecule has 9 nitrogen and oxygen atoms in total. The Bertz CT molecular complexity index is 1320. The molecule has 0 bridgehead atoms. The maximum absolute atomic E-state index is 13.8. The average molecular weight is 564 g/mol. The van der Waals surface area contributed by atoms with Crippen LogP contribution in [0, 0.1) is 11.7 Å². The van der Waals surface area contributed by atoms with E-state index in [9.17, 15) is 14.3 Å². The van der Waals surface area contributed by atoms with Gasteiger partial charge in [-0.15, -0.1) is 0 Å². The quantitative estimate of drug-likeness (QED) is 0.288. The minimum absolute atomic E-state index is 0.0442. The fourth-order valence-corrected chi connectivity index (χ4v) is 6.38. The first-order valence-corrected chi connectivity index (χ1v) is 13.8. The molecule has 5 N–H and O–H groups in total. The van der Waals surface area contributed by atoms with E-state index < -0.39 is 11.4 Å². The smallest absolute Gasteiger partial charge is 0.224 e. The second kappa shape index (κ2) is 10.8. The van der Waals surface area contributed by atoms with Crippen LogP contribution >= 0.6 is 23.2 Å². The minimum atomic E-state index is -0.712. The Labute approximate surface area is 230 Å². The topological polar surface area (TPSA) is 131 Å². The molecule has 12 heteroatoms. The van der Waals surface area contributed by atoms with Crippen molar-refractivity contribution in [3.05, 3.63) is 34.2 Å². The van der Waals surface area contributed by atoms with E-state index in [1.807, 2.05) is 11.5 Å². The summed E-state index contributed by atoms with van der Waals surface area (Å²) in [6.07, 6.45) is 8.59. The highest BCUT2D eigenvalue weighted by molar-refractivity contribution is 6.39. The van der Waals surface area contributed by atoms with Gasteiger partial charge in [-0.3, -0.25) is 9.36 Å². The van der Waals surface area contributed by atoms with E-state index in [1.165, 1.54) is 12.1 Å². The predicted molar refractivity (Wildman–Crippen MR) is 146 cm³/mol. The Kier molecular flexibility index (Phi) is 7.66. The van der Waals surface area contributed by atoms with E-state index in [-0.39, 0.29) is 34.0 Å². The molecule has 2 atom stereocenters. The number of halogens is 3. The molecule has 1 amide bonds. The van der Waals surface area contributed by atoms with Gasteiger partial charge in [0.05, 0.1) is 27.5 Å². The first-order chi connectivity index (χ1) is 18.1. The van der Waals surface area contributed by atoms with Crippen LogP contribution in [-0.4, -0.2) is 42.2 Å². The van der Waals surface area contributed by atoms with Gasteiger partial charge in [-0.1, -0.05) is 23.2 Å². The van der Waals surface area contributed by atoms with E-state index in [0.29, 0.717) is 41.6 Å². The van der Waals surface area contributed by atoms with Crippen molar-refractivity contribution in [2.45, 2.75) is 82.4 Å². The van der Waals surface area contributed by atoms with E-state index >= 15 is 0 Å². The minimum Gasteiger partial charge on any atom is -0.390 e. The van der Waals surface area contributed by atoms with Gasteiger partial charge in [-0.2, -0.15) is 4.98 Å². The van der Waals surface area contributed by atoms with Crippen molar-refractivity contribution in [2.75, 3.05) is 10.6 Å². The van der Waals surface area contributed by atoms with E-state index in [1.54, 1.807) is 6.20 Å². The van der Waals surface area contributed by atoms with Gasteiger partial charge in [-0.25, -0.2) is 14.4 Å². The lowest BCUT2D eigenvalue weighted by Gasteiger charge is -2.34. The highest BCUT2D eigenvalue weighted by Crippen LogP contribution is 2.40. The van der Waals surface area contributed by atoms with Gasteiger partial charge in [0.25, 0.3) is 0 Å². The van der Waals surface area contributed by atoms with Crippen molar-refractivity contribution in [3.63, 3.8) is 0 Å². The summed E-state index contributed by atoms with van der Waals surface area (Å²) in [7, 11) is 0. The second-order valence-corrected chi connectivity index (χ2v) is 11.7. The number of carbonyl (C=O) groups excluding carboxylic acids is 1. The number of anilines is 3. The lowest BCUT2D eigenvalue weighted by Crippen LogP contribution is -2.38. The summed E-state index contributed by atoms with van der Waals surface area (Å²) >= 11 is 12.6. The summed E-state index contributed by atoms with van der Waals surface area (Å²) in [6.45, 7) is 1.86. The second-order valence-electron chi connectivity index (χ2n) is 10.9. The van der Waals surface area contributed by atoms with Crippen LogP contribution in [0.25, 0.3) is 11.2 Å². The molecule has 0 aliphatic heterocycles. The Balaban J connectivity index is 1.49.